The summed E-state index contributed by atoms with van der Waals surface area (Å²) >= 11 is 5.27. The number of benzene rings is 1. The third-order valence-electron chi connectivity index (χ3n) is 4.40. The van der Waals surface area contributed by atoms with Crippen molar-refractivity contribution in [1.82, 2.24) is 14.5 Å². The van der Waals surface area contributed by atoms with Crippen LogP contribution in [0.5, 0.6) is 0 Å². The van der Waals surface area contributed by atoms with Crippen LogP contribution < -0.4 is 5.56 Å². The van der Waals surface area contributed by atoms with Crippen LogP contribution in [0.2, 0.25) is 0 Å². The Bertz CT molecular complexity index is 845. The van der Waals surface area contributed by atoms with E-state index in [9.17, 15) is 9.59 Å². The number of nitrogens with one attached hydrogen (secondary N) is 1. The van der Waals surface area contributed by atoms with Crippen molar-refractivity contribution in [3.63, 3.8) is 0 Å². The molecular weight excluding hydrogens is 310 g/mol. The minimum atomic E-state index is -0.212. The summed E-state index contributed by atoms with van der Waals surface area (Å²) < 4.78 is 1.66. The number of carbonyl (C=O) groups excluding carboxylic acids is 1. The summed E-state index contributed by atoms with van der Waals surface area (Å²) in [6.07, 6.45) is 1.14. The van der Waals surface area contributed by atoms with E-state index in [-0.39, 0.29) is 18.0 Å². The zero-order chi connectivity index (χ0) is 16.6. The minimum Gasteiger partial charge on any atom is -0.341 e. The van der Waals surface area contributed by atoms with Gasteiger partial charge in [-0.25, -0.2) is 0 Å². The number of para-hydroxylation sites is 1. The fourth-order valence-electron chi connectivity index (χ4n) is 3.44. The van der Waals surface area contributed by atoms with E-state index < -0.39 is 0 Å². The maximum absolute atomic E-state index is 12.6. The quantitative estimate of drug-likeness (QED) is 0.861. The van der Waals surface area contributed by atoms with Crippen molar-refractivity contribution in [3.05, 3.63) is 39.4 Å². The number of nitrogens with zero attached hydrogens (tertiary/aromatic N) is 2. The predicted molar refractivity (Wildman–Crippen MR) is 92.9 cm³/mol. The first-order valence-electron chi connectivity index (χ1n) is 7.95. The number of hydrogen-bond donors (Lipinski definition) is 1. The number of H-pyrrole nitrogens is 1. The molecule has 122 valence electrons. The van der Waals surface area contributed by atoms with E-state index in [4.69, 9.17) is 12.2 Å². The highest BCUT2D eigenvalue weighted by atomic mass is 32.1. The highest BCUT2D eigenvalue weighted by molar-refractivity contribution is 7.71. The number of rotatable bonds is 2. The molecule has 2 aromatic rings. The molecule has 0 spiro atoms. The fraction of sp³-hybridized carbons (Fsp3) is 0.471. The molecule has 1 amide bonds. The average molecular weight is 331 g/mol. The highest BCUT2D eigenvalue weighted by Crippen LogP contribution is 2.21. The summed E-state index contributed by atoms with van der Waals surface area (Å²) in [4.78, 5) is 30.1. The number of hydrogen-bond acceptors (Lipinski definition) is 3. The molecule has 1 aromatic heterocycles. The molecule has 1 aliphatic heterocycles. The second-order valence-corrected chi connectivity index (χ2v) is 7.00. The van der Waals surface area contributed by atoms with E-state index in [0.29, 0.717) is 27.5 Å². The Balaban J connectivity index is 1.91. The summed E-state index contributed by atoms with van der Waals surface area (Å²) in [6, 6.07) is 7.21. The lowest BCUT2D eigenvalue weighted by Gasteiger charge is -2.35. The molecule has 2 atom stereocenters. The first kappa shape index (κ1) is 15.9. The predicted octanol–water partition coefficient (Wildman–Crippen LogP) is 2.56. The van der Waals surface area contributed by atoms with Crippen LogP contribution in [-0.4, -0.2) is 33.4 Å². The largest absolute Gasteiger partial charge is 0.341 e. The van der Waals surface area contributed by atoms with Gasteiger partial charge in [-0.15, -0.1) is 0 Å². The van der Waals surface area contributed by atoms with Gasteiger partial charge in [-0.3, -0.25) is 14.2 Å². The molecular formula is C17H21N3O2S. The van der Waals surface area contributed by atoms with E-state index in [2.05, 4.69) is 18.8 Å². The van der Waals surface area contributed by atoms with Crippen molar-refractivity contribution >= 4 is 29.0 Å². The van der Waals surface area contributed by atoms with Crippen LogP contribution >= 0.6 is 12.2 Å². The van der Waals surface area contributed by atoms with Crippen molar-refractivity contribution in [2.24, 2.45) is 11.8 Å². The smallest absolute Gasteiger partial charge is 0.262 e. The standard InChI is InChI=1S/C17H21N3O2S/c1-11-7-12(2)9-19(8-11)15(21)10-20-16(22)13-5-3-4-6-14(13)18-17(20)23/h3-6,11-12H,7-10H2,1-2H3,(H,18,23)/t11-,12-/m1/s1. The second kappa shape index (κ2) is 6.28. The number of carbonyl (C=O) groups is 1. The van der Waals surface area contributed by atoms with Crippen molar-refractivity contribution in [2.45, 2.75) is 26.8 Å². The molecule has 23 heavy (non-hydrogen) atoms. The van der Waals surface area contributed by atoms with E-state index in [1.165, 1.54) is 4.57 Å². The van der Waals surface area contributed by atoms with Crippen LogP contribution in [0.3, 0.4) is 0 Å². The molecule has 0 aliphatic carbocycles. The SMILES string of the molecule is C[C@@H]1C[C@@H](C)CN(C(=O)Cn2c(=S)[nH]c3ccccc3c2=O)C1. The van der Waals surface area contributed by atoms with Crippen LogP contribution in [-0.2, 0) is 11.3 Å². The number of likely N-dealkylation sites (tertiary alicyclic amines) is 1. The molecule has 0 saturated carbocycles. The van der Waals surface area contributed by atoms with E-state index >= 15 is 0 Å². The zero-order valence-corrected chi connectivity index (χ0v) is 14.2. The van der Waals surface area contributed by atoms with Crippen molar-refractivity contribution < 1.29 is 4.79 Å². The molecule has 1 saturated heterocycles. The maximum Gasteiger partial charge on any atom is 0.262 e. The first-order chi connectivity index (χ1) is 11.0. The highest BCUT2D eigenvalue weighted by Gasteiger charge is 2.25. The van der Waals surface area contributed by atoms with Crippen LogP contribution in [0, 0.1) is 16.6 Å². The summed E-state index contributed by atoms with van der Waals surface area (Å²) in [6.45, 7) is 5.82. The normalized spacial score (nSPS) is 21.6. The number of aromatic amines is 1. The van der Waals surface area contributed by atoms with Crippen molar-refractivity contribution in [3.8, 4) is 0 Å². The number of amides is 1. The van der Waals surface area contributed by atoms with Gasteiger partial charge in [0.1, 0.15) is 6.54 Å². The summed E-state index contributed by atoms with van der Waals surface area (Å²) in [5.74, 6) is 0.941. The molecule has 1 aliphatic rings. The van der Waals surface area contributed by atoms with E-state index in [1.807, 2.05) is 17.0 Å². The molecule has 1 N–H and O–H groups in total. The van der Waals surface area contributed by atoms with Crippen molar-refractivity contribution in [1.29, 1.82) is 0 Å². The van der Waals surface area contributed by atoms with Crippen LogP contribution in [0.1, 0.15) is 20.3 Å². The van der Waals surface area contributed by atoms with Gasteiger partial charge in [0, 0.05) is 13.1 Å². The third kappa shape index (κ3) is 3.22. The maximum atomic E-state index is 12.6. The molecule has 2 heterocycles. The molecule has 6 heteroatoms. The minimum absolute atomic E-state index is 0.00155. The Hall–Kier alpha value is -1.95. The Kier molecular flexibility index (Phi) is 4.35. The molecule has 5 nitrogen and oxygen atoms in total. The number of aromatic nitrogens is 2. The topological polar surface area (TPSA) is 58.1 Å². The zero-order valence-electron chi connectivity index (χ0n) is 13.4. The van der Waals surface area contributed by atoms with Crippen LogP contribution in [0.25, 0.3) is 10.9 Å². The Morgan fingerprint density at radius 3 is 2.61 bits per heavy atom. The lowest BCUT2D eigenvalue weighted by atomic mass is 9.92. The van der Waals surface area contributed by atoms with Crippen molar-refractivity contribution in [2.75, 3.05) is 13.1 Å². The lowest BCUT2D eigenvalue weighted by molar-refractivity contribution is -0.134. The molecule has 1 fully saturated rings. The molecule has 0 unspecified atom stereocenters. The van der Waals surface area contributed by atoms with Gasteiger partial charge < -0.3 is 9.88 Å². The second-order valence-electron chi connectivity index (χ2n) is 6.61. The van der Waals surface area contributed by atoms with Crippen LogP contribution in [0.15, 0.2) is 29.1 Å². The Morgan fingerprint density at radius 1 is 1.26 bits per heavy atom. The van der Waals surface area contributed by atoms with Gasteiger partial charge in [0.05, 0.1) is 10.9 Å². The van der Waals surface area contributed by atoms with Gasteiger partial charge in [0.2, 0.25) is 5.91 Å². The van der Waals surface area contributed by atoms with E-state index in [0.717, 1.165) is 19.5 Å². The summed E-state index contributed by atoms with van der Waals surface area (Å²) in [7, 11) is 0. The monoisotopic (exact) mass is 331 g/mol. The van der Waals surface area contributed by atoms with E-state index in [1.54, 1.807) is 12.1 Å². The molecule has 3 rings (SSSR count). The summed E-state index contributed by atoms with van der Waals surface area (Å²) in [5.41, 5.74) is 0.488. The average Bonchev–Trinajstić information content (AvgIpc) is 2.50. The van der Waals surface area contributed by atoms with Gasteiger partial charge in [-0.1, -0.05) is 26.0 Å². The lowest BCUT2D eigenvalue weighted by Crippen LogP contribution is -2.45. The van der Waals surface area contributed by atoms with Crippen LogP contribution in [0.4, 0.5) is 0 Å². The third-order valence-corrected chi connectivity index (χ3v) is 4.73. The number of fused-ring (bicyclic) bond motifs is 1. The molecule has 0 radical (unpaired) electrons. The Morgan fingerprint density at radius 2 is 1.91 bits per heavy atom. The first-order valence-corrected chi connectivity index (χ1v) is 8.36. The van der Waals surface area contributed by atoms with Gasteiger partial charge in [0.25, 0.3) is 5.56 Å². The number of piperidine rings is 1. The fourth-order valence-corrected chi connectivity index (χ4v) is 3.70. The summed E-state index contributed by atoms with van der Waals surface area (Å²) in [5, 5.41) is 0.550. The Labute approximate surface area is 139 Å². The molecule has 1 aromatic carbocycles. The van der Waals surface area contributed by atoms with Gasteiger partial charge in [-0.05, 0) is 42.6 Å². The van der Waals surface area contributed by atoms with Gasteiger partial charge in [0.15, 0.2) is 4.77 Å². The molecule has 0 bridgehead atoms. The van der Waals surface area contributed by atoms with Gasteiger partial charge in [-0.2, -0.15) is 0 Å². The van der Waals surface area contributed by atoms with Gasteiger partial charge >= 0.3 is 0 Å².